The second-order valence-corrected chi connectivity index (χ2v) is 6.06. The molecule has 1 aliphatic heterocycles. The van der Waals surface area contributed by atoms with Crippen molar-refractivity contribution >= 4 is 11.7 Å². The lowest BCUT2D eigenvalue weighted by Crippen LogP contribution is -2.35. The van der Waals surface area contributed by atoms with Crippen LogP contribution in [0.5, 0.6) is 5.88 Å². The lowest BCUT2D eigenvalue weighted by Gasteiger charge is -2.28. The molecule has 1 amide bonds. The summed E-state index contributed by atoms with van der Waals surface area (Å²) < 4.78 is 32.5. The number of hydrogen-bond acceptors (Lipinski definition) is 4. The second kappa shape index (κ2) is 7.57. The minimum absolute atomic E-state index is 0.0872. The molecule has 2 aromatic rings. The standard InChI is InChI=1S/C18H19F2N3O2/c1-23-9-7-13(8-10-23)25-17-4-2-3-16(21-17)22-18(24)14-6-5-12(19)11-15(14)20/h2-6,11,13H,7-10H2,1H3,(H,21,22,24). The number of hydrogen-bond donors (Lipinski definition) is 1. The molecule has 1 aromatic heterocycles. The number of halogens is 2. The van der Waals surface area contributed by atoms with E-state index in [-0.39, 0.29) is 17.5 Å². The highest BCUT2D eigenvalue weighted by atomic mass is 19.1. The lowest BCUT2D eigenvalue weighted by atomic mass is 10.1. The number of carbonyl (C=O) groups is 1. The molecule has 0 unspecified atom stereocenters. The number of nitrogens with zero attached hydrogens (tertiary/aromatic N) is 2. The predicted octanol–water partition coefficient (Wildman–Crippen LogP) is 3.09. The Morgan fingerprint density at radius 1 is 1.24 bits per heavy atom. The average molecular weight is 347 g/mol. The number of rotatable bonds is 4. The molecule has 5 nitrogen and oxygen atoms in total. The summed E-state index contributed by atoms with van der Waals surface area (Å²) in [5, 5.41) is 2.50. The Bertz CT molecular complexity index is 762. The summed E-state index contributed by atoms with van der Waals surface area (Å²) in [7, 11) is 2.07. The van der Waals surface area contributed by atoms with Gasteiger partial charge >= 0.3 is 0 Å². The fourth-order valence-electron chi connectivity index (χ4n) is 2.68. The van der Waals surface area contributed by atoms with E-state index in [4.69, 9.17) is 4.74 Å². The lowest BCUT2D eigenvalue weighted by molar-refractivity contribution is 0.102. The van der Waals surface area contributed by atoms with E-state index in [1.54, 1.807) is 18.2 Å². The first-order chi connectivity index (χ1) is 12.0. The fraction of sp³-hybridized carbons (Fsp3) is 0.333. The maximum atomic E-state index is 13.7. The van der Waals surface area contributed by atoms with Crippen molar-refractivity contribution in [3.05, 3.63) is 53.6 Å². The van der Waals surface area contributed by atoms with Gasteiger partial charge in [0.15, 0.2) is 0 Å². The molecule has 0 aliphatic carbocycles. The van der Waals surface area contributed by atoms with Gasteiger partial charge in [0.2, 0.25) is 5.88 Å². The summed E-state index contributed by atoms with van der Waals surface area (Å²) in [5.41, 5.74) is -0.246. The third-order valence-corrected chi connectivity index (χ3v) is 4.09. The number of likely N-dealkylation sites (tertiary alicyclic amines) is 1. The molecule has 1 fully saturated rings. The van der Waals surface area contributed by atoms with Gasteiger partial charge in [0, 0.05) is 25.2 Å². The third kappa shape index (κ3) is 4.51. The molecule has 1 N–H and O–H groups in total. The van der Waals surface area contributed by atoms with E-state index in [2.05, 4.69) is 22.2 Å². The molecular weight excluding hydrogens is 328 g/mol. The number of carbonyl (C=O) groups excluding carboxylic acids is 1. The highest BCUT2D eigenvalue weighted by Crippen LogP contribution is 2.19. The van der Waals surface area contributed by atoms with Crippen LogP contribution in [-0.4, -0.2) is 42.0 Å². The van der Waals surface area contributed by atoms with Gasteiger partial charge in [-0.25, -0.2) is 8.78 Å². The highest BCUT2D eigenvalue weighted by Gasteiger charge is 2.19. The van der Waals surface area contributed by atoms with Gasteiger partial charge < -0.3 is 15.0 Å². The van der Waals surface area contributed by atoms with Crippen molar-refractivity contribution in [1.29, 1.82) is 0 Å². The molecule has 132 valence electrons. The van der Waals surface area contributed by atoms with E-state index in [1.165, 1.54) is 0 Å². The maximum Gasteiger partial charge on any atom is 0.259 e. The van der Waals surface area contributed by atoms with Gasteiger partial charge in [0.25, 0.3) is 5.91 Å². The van der Waals surface area contributed by atoms with Crippen molar-refractivity contribution in [2.24, 2.45) is 0 Å². The zero-order valence-corrected chi connectivity index (χ0v) is 13.8. The van der Waals surface area contributed by atoms with E-state index in [0.717, 1.165) is 38.1 Å². The summed E-state index contributed by atoms with van der Waals surface area (Å²) in [6, 6.07) is 7.80. The van der Waals surface area contributed by atoms with E-state index >= 15 is 0 Å². The quantitative estimate of drug-likeness (QED) is 0.923. The monoisotopic (exact) mass is 347 g/mol. The van der Waals surface area contributed by atoms with Crippen LogP contribution in [0.2, 0.25) is 0 Å². The Balaban J connectivity index is 1.66. The Morgan fingerprint density at radius 3 is 2.72 bits per heavy atom. The molecule has 0 saturated carbocycles. The Labute approximate surface area is 144 Å². The van der Waals surface area contributed by atoms with Gasteiger partial charge in [0.05, 0.1) is 5.56 Å². The average Bonchev–Trinajstić information content (AvgIpc) is 2.57. The molecule has 25 heavy (non-hydrogen) atoms. The van der Waals surface area contributed by atoms with Crippen LogP contribution in [0.4, 0.5) is 14.6 Å². The number of piperidine rings is 1. The molecule has 1 aromatic carbocycles. The molecule has 0 spiro atoms. The molecule has 1 aliphatic rings. The maximum absolute atomic E-state index is 13.7. The normalized spacial score (nSPS) is 15.8. The predicted molar refractivity (Wildman–Crippen MR) is 89.7 cm³/mol. The number of ether oxygens (including phenoxy) is 1. The van der Waals surface area contributed by atoms with E-state index in [1.807, 2.05) is 0 Å². The molecule has 0 atom stereocenters. The first-order valence-corrected chi connectivity index (χ1v) is 8.10. The minimum atomic E-state index is -0.920. The number of pyridine rings is 1. The molecular formula is C18H19F2N3O2. The summed E-state index contributed by atoms with van der Waals surface area (Å²) in [5.74, 6) is -1.69. The number of nitrogens with one attached hydrogen (secondary N) is 1. The highest BCUT2D eigenvalue weighted by molar-refractivity contribution is 6.03. The van der Waals surface area contributed by atoms with E-state index < -0.39 is 17.5 Å². The molecule has 0 bridgehead atoms. The molecule has 3 rings (SSSR count). The number of anilines is 1. The van der Waals surface area contributed by atoms with Crippen molar-refractivity contribution in [1.82, 2.24) is 9.88 Å². The van der Waals surface area contributed by atoms with Crippen LogP contribution >= 0.6 is 0 Å². The van der Waals surface area contributed by atoms with Crippen molar-refractivity contribution in [2.75, 3.05) is 25.5 Å². The third-order valence-electron chi connectivity index (χ3n) is 4.09. The van der Waals surface area contributed by atoms with Gasteiger partial charge in [0.1, 0.15) is 23.6 Å². The van der Waals surface area contributed by atoms with E-state index in [9.17, 15) is 13.6 Å². The largest absolute Gasteiger partial charge is 0.474 e. The second-order valence-electron chi connectivity index (χ2n) is 6.06. The fourth-order valence-corrected chi connectivity index (χ4v) is 2.68. The zero-order valence-electron chi connectivity index (χ0n) is 13.8. The minimum Gasteiger partial charge on any atom is -0.474 e. The number of aromatic nitrogens is 1. The zero-order chi connectivity index (χ0) is 17.8. The van der Waals surface area contributed by atoms with Gasteiger partial charge in [-0.2, -0.15) is 4.98 Å². The van der Waals surface area contributed by atoms with Crippen molar-refractivity contribution in [3.63, 3.8) is 0 Å². The van der Waals surface area contributed by atoms with Gasteiger partial charge in [-0.1, -0.05) is 6.07 Å². The summed E-state index contributed by atoms with van der Waals surface area (Å²) in [4.78, 5) is 18.6. The van der Waals surface area contributed by atoms with Crippen LogP contribution in [0.1, 0.15) is 23.2 Å². The summed E-state index contributed by atoms with van der Waals surface area (Å²) in [6.45, 7) is 1.93. The molecule has 1 saturated heterocycles. The smallest absolute Gasteiger partial charge is 0.259 e. The van der Waals surface area contributed by atoms with Crippen LogP contribution < -0.4 is 10.1 Å². The van der Waals surface area contributed by atoms with Gasteiger partial charge in [-0.15, -0.1) is 0 Å². The molecule has 7 heteroatoms. The first kappa shape index (κ1) is 17.3. The number of amides is 1. The van der Waals surface area contributed by atoms with Gasteiger partial charge in [-0.05, 0) is 38.1 Å². The van der Waals surface area contributed by atoms with Crippen LogP contribution in [0.3, 0.4) is 0 Å². The number of benzene rings is 1. The topological polar surface area (TPSA) is 54.5 Å². The van der Waals surface area contributed by atoms with Crippen LogP contribution in [0, 0.1) is 11.6 Å². The van der Waals surface area contributed by atoms with Crippen LogP contribution in [0.25, 0.3) is 0 Å². The SMILES string of the molecule is CN1CCC(Oc2cccc(NC(=O)c3ccc(F)cc3F)n2)CC1. The van der Waals surface area contributed by atoms with E-state index in [0.29, 0.717) is 11.9 Å². The first-order valence-electron chi connectivity index (χ1n) is 8.10. The Morgan fingerprint density at radius 2 is 2.00 bits per heavy atom. The van der Waals surface area contributed by atoms with Crippen LogP contribution in [0.15, 0.2) is 36.4 Å². The molecule has 0 radical (unpaired) electrons. The Kier molecular flexibility index (Phi) is 5.23. The van der Waals surface area contributed by atoms with Gasteiger partial charge in [-0.3, -0.25) is 4.79 Å². The van der Waals surface area contributed by atoms with Crippen LogP contribution in [-0.2, 0) is 0 Å². The van der Waals surface area contributed by atoms with Crippen molar-refractivity contribution in [3.8, 4) is 5.88 Å². The van der Waals surface area contributed by atoms with Crippen molar-refractivity contribution in [2.45, 2.75) is 18.9 Å². The summed E-state index contributed by atoms with van der Waals surface area (Å²) in [6.07, 6.45) is 1.91. The van der Waals surface area contributed by atoms with Crippen molar-refractivity contribution < 1.29 is 18.3 Å². The summed E-state index contributed by atoms with van der Waals surface area (Å²) >= 11 is 0. The Hall–Kier alpha value is -2.54. The molecule has 2 heterocycles.